The number of nitrogens with zero attached hydrogens (tertiary/aromatic N) is 3. The summed E-state index contributed by atoms with van der Waals surface area (Å²) in [5.74, 6) is 0.613. The number of rotatable bonds is 7. The van der Waals surface area contributed by atoms with Crippen LogP contribution in [-0.4, -0.2) is 19.0 Å². The molecule has 2 aromatic rings. The molecule has 0 bridgehead atoms. The van der Waals surface area contributed by atoms with Crippen LogP contribution in [0, 0.1) is 12.7 Å². The van der Waals surface area contributed by atoms with Crippen molar-refractivity contribution in [1.29, 1.82) is 0 Å². The van der Waals surface area contributed by atoms with Crippen LogP contribution in [0.1, 0.15) is 11.1 Å². The summed E-state index contributed by atoms with van der Waals surface area (Å²) in [5, 5.41) is 5.64. The van der Waals surface area contributed by atoms with E-state index < -0.39 is 0 Å². The van der Waals surface area contributed by atoms with E-state index >= 15 is 0 Å². The van der Waals surface area contributed by atoms with Crippen LogP contribution in [0.3, 0.4) is 0 Å². The van der Waals surface area contributed by atoms with E-state index in [-0.39, 0.29) is 24.4 Å². The zero-order valence-corrected chi connectivity index (χ0v) is 15.0. The number of azide groups is 1. The third kappa shape index (κ3) is 5.30. The first kappa shape index (κ1) is 19.4. The molecular weight excluding hydrogens is 359 g/mol. The van der Waals surface area contributed by atoms with Gasteiger partial charge in [-0.15, -0.1) is 0 Å². The largest absolute Gasteiger partial charge is 0.488 e. The summed E-state index contributed by atoms with van der Waals surface area (Å²) in [6, 6.07) is 9.41. The van der Waals surface area contributed by atoms with Gasteiger partial charge in [-0.3, -0.25) is 4.79 Å². The highest BCUT2D eigenvalue weighted by Crippen LogP contribution is 2.32. The molecule has 0 aliphatic carbocycles. The number of halogens is 1. The van der Waals surface area contributed by atoms with Gasteiger partial charge in [0.15, 0.2) is 6.73 Å². The Hall–Kier alpha value is -2.90. The van der Waals surface area contributed by atoms with Crippen LogP contribution >= 0.6 is 11.8 Å². The van der Waals surface area contributed by atoms with Crippen LogP contribution in [-0.2, 0) is 6.61 Å². The van der Waals surface area contributed by atoms with Gasteiger partial charge in [0.1, 0.15) is 23.9 Å². The van der Waals surface area contributed by atoms with Gasteiger partial charge >= 0.3 is 0 Å². The summed E-state index contributed by atoms with van der Waals surface area (Å²) in [5.41, 5.74) is 9.66. The second kappa shape index (κ2) is 9.55. The summed E-state index contributed by atoms with van der Waals surface area (Å²) in [6.45, 7) is 1.65. The Labute approximate surface area is 154 Å². The predicted octanol–water partition coefficient (Wildman–Crippen LogP) is 4.79. The lowest BCUT2D eigenvalue weighted by molar-refractivity contribution is 0.262. The van der Waals surface area contributed by atoms with E-state index in [1.54, 1.807) is 31.2 Å². The first-order valence-corrected chi connectivity index (χ1v) is 8.41. The average molecular weight is 376 g/mol. The minimum atomic E-state index is -0.344. The Morgan fingerprint density at radius 2 is 2.12 bits per heavy atom. The van der Waals surface area contributed by atoms with Crippen molar-refractivity contribution in [3.05, 3.63) is 63.8 Å². The monoisotopic (exact) mass is 376 g/mol. The molecule has 7 nitrogen and oxygen atoms in total. The first-order valence-electron chi connectivity index (χ1n) is 7.59. The number of carbonyl (C=O) groups is 1. The van der Waals surface area contributed by atoms with Gasteiger partial charge in [0.2, 0.25) is 0 Å². The van der Waals surface area contributed by atoms with Crippen LogP contribution in [0.15, 0.2) is 46.4 Å². The lowest BCUT2D eigenvalue weighted by atomic mass is 10.2. The van der Waals surface area contributed by atoms with Crippen LogP contribution in [0.2, 0.25) is 0 Å². The Morgan fingerprint density at radius 1 is 1.31 bits per heavy atom. The number of thioether (sulfide) groups is 1. The molecule has 0 fully saturated rings. The van der Waals surface area contributed by atoms with Crippen molar-refractivity contribution >= 4 is 17.0 Å². The Morgan fingerprint density at radius 3 is 2.81 bits per heavy atom. The molecule has 0 spiro atoms. The molecule has 0 aromatic heterocycles. The third-order valence-corrected chi connectivity index (χ3v) is 4.34. The number of carbonyl (C=O) groups excluding carboxylic acids is 1. The minimum Gasteiger partial charge on any atom is -0.488 e. The molecule has 2 aromatic carbocycles. The van der Waals surface area contributed by atoms with Gasteiger partial charge in [0.25, 0.3) is 5.24 Å². The maximum atomic E-state index is 13.2. The van der Waals surface area contributed by atoms with E-state index in [2.05, 4.69) is 15.3 Å². The maximum Gasteiger partial charge on any atom is 0.283 e. The van der Waals surface area contributed by atoms with E-state index in [9.17, 15) is 9.18 Å². The lowest BCUT2D eigenvalue weighted by Gasteiger charge is -2.16. The Bertz CT molecular complexity index is 841. The van der Waals surface area contributed by atoms with Gasteiger partial charge in [-0.25, -0.2) is 4.39 Å². The Balaban J connectivity index is 2.28. The topological polar surface area (TPSA) is 96.3 Å². The molecule has 0 saturated heterocycles. The van der Waals surface area contributed by atoms with Gasteiger partial charge in [-0.2, -0.15) is 0 Å². The number of ether oxygens (including phenoxy) is 2. The van der Waals surface area contributed by atoms with E-state index in [0.29, 0.717) is 27.5 Å². The smallest absolute Gasteiger partial charge is 0.283 e. The fourth-order valence-electron chi connectivity index (χ4n) is 2.12. The summed E-state index contributed by atoms with van der Waals surface area (Å²) < 4.78 is 24.5. The second-order valence-electron chi connectivity index (χ2n) is 5.08. The van der Waals surface area contributed by atoms with E-state index in [4.69, 9.17) is 15.0 Å². The standard InChI is InChI=1S/C17H17FN4O3S/c1-11-8-12(18)6-7-14(11)24-9-13-15(25-10-21-22-19)4-3-5-16(13)26-17(23)20-2/h3-8H,9-10H2,1-2H3,(H,20,23). The van der Waals surface area contributed by atoms with Crippen LogP contribution in [0.25, 0.3) is 10.4 Å². The molecule has 1 N–H and O–H groups in total. The molecule has 26 heavy (non-hydrogen) atoms. The average Bonchev–Trinajstić information content (AvgIpc) is 2.62. The fraction of sp³-hybridized carbons (Fsp3) is 0.235. The zero-order chi connectivity index (χ0) is 18.9. The molecule has 136 valence electrons. The van der Waals surface area contributed by atoms with Crippen molar-refractivity contribution in [2.45, 2.75) is 18.4 Å². The summed E-state index contributed by atoms with van der Waals surface area (Å²) >= 11 is 0.992. The van der Waals surface area contributed by atoms with Crippen molar-refractivity contribution in [3.8, 4) is 11.5 Å². The van der Waals surface area contributed by atoms with E-state index in [1.165, 1.54) is 19.2 Å². The zero-order valence-electron chi connectivity index (χ0n) is 14.2. The highest BCUT2D eigenvalue weighted by molar-refractivity contribution is 8.13. The normalized spacial score (nSPS) is 9.96. The van der Waals surface area contributed by atoms with E-state index in [1.807, 2.05) is 0 Å². The molecular formula is C17H17FN4O3S. The summed E-state index contributed by atoms with van der Waals surface area (Å²) in [7, 11) is 1.54. The number of hydrogen-bond acceptors (Lipinski definition) is 5. The van der Waals surface area contributed by atoms with Gasteiger partial charge in [0, 0.05) is 22.4 Å². The van der Waals surface area contributed by atoms with Gasteiger partial charge in [-0.05, 0) is 60.1 Å². The van der Waals surface area contributed by atoms with Gasteiger partial charge in [-0.1, -0.05) is 11.2 Å². The van der Waals surface area contributed by atoms with Gasteiger partial charge < -0.3 is 14.8 Å². The molecule has 1 amide bonds. The quantitative estimate of drug-likeness (QED) is 0.325. The molecule has 0 atom stereocenters. The number of hydrogen-bond donors (Lipinski definition) is 1. The molecule has 0 unspecified atom stereocenters. The number of nitrogens with one attached hydrogen (secondary N) is 1. The van der Waals surface area contributed by atoms with Crippen LogP contribution < -0.4 is 14.8 Å². The molecule has 0 heterocycles. The maximum absolute atomic E-state index is 13.2. The molecule has 0 aliphatic heterocycles. The second-order valence-corrected chi connectivity index (χ2v) is 6.09. The SMILES string of the molecule is CNC(=O)Sc1cccc(OCN=[N+]=[N-])c1COc1ccc(F)cc1C. The fourth-order valence-corrected chi connectivity index (χ4v) is 2.85. The minimum absolute atomic E-state index is 0.0955. The van der Waals surface area contributed by atoms with Gasteiger partial charge in [0.05, 0.1) is 0 Å². The van der Waals surface area contributed by atoms with Crippen molar-refractivity contribution in [2.75, 3.05) is 13.8 Å². The molecule has 0 radical (unpaired) electrons. The predicted molar refractivity (Wildman–Crippen MR) is 96.9 cm³/mol. The van der Waals surface area contributed by atoms with Crippen LogP contribution in [0.5, 0.6) is 11.5 Å². The number of benzene rings is 2. The third-order valence-electron chi connectivity index (χ3n) is 3.35. The van der Waals surface area contributed by atoms with Crippen molar-refractivity contribution in [2.24, 2.45) is 5.11 Å². The highest BCUT2D eigenvalue weighted by Gasteiger charge is 2.14. The van der Waals surface area contributed by atoms with E-state index in [0.717, 1.165) is 11.8 Å². The molecule has 0 saturated carbocycles. The highest BCUT2D eigenvalue weighted by atomic mass is 32.2. The lowest BCUT2D eigenvalue weighted by Crippen LogP contribution is -2.12. The van der Waals surface area contributed by atoms with Crippen molar-refractivity contribution < 1.29 is 18.7 Å². The number of aryl methyl sites for hydroxylation is 1. The molecule has 9 heteroatoms. The van der Waals surface area contributed by atoms with Crippen molar-refractivity contribution in [3.63, 3.8) is 0 Å². The number of amides is 1. The molecule has 2 rings (SSSR count). The first-order chi connectivity index (χ1) is 12.5. The van der Waals surface area contributed by atoms with Crippen molar-refractivity contribution in [1.82, 2.24) is 5.32 Å². The Kier molecular flexibility index (Phi) is 7.13. The summed E-state index contributed by atoms with van der Waals surface area (Å²) in [6.07, 6.45) is 0. The summed E-state index contributed by atoms with van der Waals surface area (Å²) in [4.78, 5) is 15.0. The van der Waals surface area contributed by atoms with Crippen LogP contribution in [0.4, 0.5) is 9.18 Å². The molecule has 0 aliphatic rings.